The molecular weight excluding hydrogens is 567 g/mol. The van der Waals surface area contributed by atoms with Crippen LogP contribution in [-0.2, 0) is 27.2 Å². The molecule has 43 heavy (non-hydrogen) atoms. The normalized spacial score (nSPS) is 10.3. The van der Waals surface area contributed by atoms with Crippen LogP contribution in [0.2, 0.25) is 0 Å². The van der Waals surface area contributed by atoms with E-state index in [0.29, 0.717) is 0 Å². The van der Waals surface area contributed by atoms with E-state index in [4.69, 9.17) is 9.84 Å². The topological polar surface area (TPSA) is 125 Å². The van der Waals surface area contributed by atoms with Crippen molar-refractivity contribution in [2.45, 2.75) is 26.7 Å². The zero-order valence-electron chi connectivity index (χ0n) is 24.8. The van der Waals surface area contributed by atoms with Gasteiger partial charge in [-0.25, -0.2) is 0 Å². The Hall–Kier alpha value is -3.50. The Bertz CT molecular complexity index is 1870. The molecule has 0 aliphatic carbocycles. The van der Waals surface area contributed by atoms with Crippen LogP contribution in [0.1, 0.15) is 22.3 Å². The monoisotopic (exact) mass is 600 g/mol. The number of carboxylic acids is 1. The number of carbonyl (C=O) groups excluding carboxylic acids is 1. The summed E-state index contributed by atoms with van der Waals surface area (Å²) in [5, 5.41) is 11.0. The number of aromatic amines is 2. The predicted octanol–water partition coefficient (Wildman–Crippen LogP) is 4.46. The van der Waals surface area contributed by atoms with Crippen molar-refractivity contribution in [1.29, 1.82) is 0 Å². The number of carboxylic acid groups (broad SMARTS) is 1. The van der Waals surface area contributed by atoms with Crippen molar-refractivity contribution in [1.82, 2.24) is 9.97 Å². The van der Waals surface area contributed by atoms with Crippen molar-refractivity contribution in [3.63, 3.8) is 0 Å². The van der Waals surface area contributed by atoms with Crippen LogP contribution in [0.4, 0.5) is 0 Å². The molecule has 2 heterocycles. The molecule has 0 bridgehead atoms. The van der Waals surface area contributed by atoms with Gasteiger partial charge in [-0.1, -0.05) is 71.8 Å². The molecule has 0 aliphatic heterocycles. The number of rotatable bonds is 6. The molecule has 6 aromatic rings. The first kappa shape index (κ1) is 34.0. The molecule has 0 fully saturated rings. The van der Waals surface area contributed by atoms with E-state index in [1.54, 1.807) is 6.20 Å². The molecule has 0 saturated heterocycles. The third-order valence-electron chi connectivity index (χ3n) is 7.14. The number of aliphatic carboxylic acids is 1. The number of hydrogen-bond acceptors (Lipinski definition) is 4. The molecule has 0 aliphatic rings. The second kappa shape index (κ2) is 15.3. The van der Waals surface area contributed by atoms with Crippen molar-refractivity contribution in [2.75, 3.05) is 7.11 Å². The van der Waals surface area contributed by atoms with Crippen LogP contribution >= 0.6 is 0 Å². The quantitative estimate of drug-likeness (QED) is 0.192. The van der Waals surface area contributed by atoms with Crippen LogP contribution in [0.5, 0.6) is 0 Å². The molecule has 2 aromatic heterocycles. The van der Waals surface area contributed by atoms with Crippen molar-refractivity contribution in [3.8, 4) is 22.3 Å². The summed E-state index contributed by atoms with van der Waals surface area (Å²) in [7, 11) is 1.41. The molecule has 8 heteroatoms. The molecule has 0 spiro atoms. The molecule has 214 valence electrons. The van der Waals surface area contributed by atoms with Gasteiger partial charge in [0.25, 0.3) is 0 Å². The molecule has 4 aromatic carbocycles. The fourth-order valence-corrected chi connectivity index (χ4v) is 5.05. The van der Waals surface area contributed by atoms with Crippen LogP contribution in [0.25, 0.3) is 44.1 Å². The molecule has 7 nitrogen and oxygen atoms in total. The Balaban J connectivity index is 0.000000225. The second-order valence-electron chi connectivity index (χ2n) is 10.2. The van der Waals surface area contributed by atoms with Gasteiger partial charge in [0, 0.05) is 34.2 Å². The van der Waals surface area contributed by atoms with E-state index in [-0.39, 0.29) is 75.7 Å². The molecule has 0 radical (unpaired) electrons. The first-order valence-electron chi connectivity index (χ1n) is 13.4. The number of hydrogen-bond donors (Lipinski definition) is 3. The summed E-state index contributed by atoms with van der Waals surface area (Å²) in [5.74, 6) is -1.04. The van der Waals surface area contributed by atoms with Gasteiger partial charge in [0.1, 0.15) is 0 Å². The van der Waals surface area contributed by atoms with Gasteiger partial charge in [-0.05, 0) is 71.5 Å². The van der Waals surface area contributed by atoms with Gasteiger partial charge in [-0.3, -0.25) is 9.59 Å². The summed E-state index contributed by atoms with van der Waals surface area (Å²) < 4.78 is 4.75. The fourth-order valence-electron chi connectivity index (χ4n) is 5.05. The number of aryl methyl sites for hydroxylation is 2. The van der Waals surface area contributed by atoms with E-state index in [9.17, 15) is 9.59 Å². The van der Waals surface area contributed by atoms with Crippen LogP contribution < -0.4 is 51.4 Å². The summed E-state index contributed by atoms with van der Waals surface area (Å²) in [4.78, 5) is 28.7. The summed E-state index contributed by atoms with van der Waals surface area (Å²) in [5.41, 5.74) is 10.8. The minimum absolute atomic E-state index is 0. The summed E-state index contributed by atoms with van der Waals surface area (Å²) in [6.45, 7) is 4.15. The third kappa shape index (κ3) is 8.32. The van der Waals surface area contributed by atoms with Crippen molar-refractivity contribution in [3.05, 3.63) is 120 Å². The first-order valence-corrected chi connectivity index (χ1v) is 13.4. The Morgan fingerprint density at radius 3 is 1.53 bits per heavy atom. The number of carbonyl (C=O) groups is 2. The summed E-state index contributed by atoms with van der Waals surface area (Å²) in [6, 6.07) is 29.1. The number of fused-ring (bicyclic) bond motifs is 2. The average Bonchev–Trinajstić information content (AvgIpc) is 3.56. The maximum absolute atomic E-state index is 11.5. The standard InChI is InChI=1S/C18H17NO2.C17H15NO2.K.H2O/c1-12-4-3-5-13(8-12)14-6-7-17-16(9-14)15(11-19-17)10-18(20)21-2;1-11-3-2-4-12(7-11)13-5-6-16-15(8-13)14(10-18-16)9-17(19)20;;/h3-9,11,19H,10H2,1-2H3;2-8,10,18H,9H2,1H3,(H,19,20);;1H2/q;;+1;/p-1. The van der Waals surface area contributed by atoms with E-state index < -0.39 is 5.97 Å². The predicted molar refractivity (Wildman–Crippen MR) is 166 cm³/mol. The SMILES string of the molecule is COC(=O)Cc1c[nH]c2ccc(-c3cccc(C)c3)cc12.Cc1cccc(-c2ccc3[nH]cc(CC(=O)O)c3c2)c1.[K+].[OH-]. The number of benzene rings is 4. The maximum atomic E-state index is 11.5. The maximum Gasteiger partial charge on any atom is 1.00 e. The zero-order valence-corrected chi connectivity index (χ0v) is 27.9. The van der Waals surface area contributed by atoms with Gasteiger partial charge < -0.3 is 25.3 Å². The average molecular weight is 601 g/mol. The van der Waals surface area contributed by atoms with E-state index in [0.717, 1.165) is 49.6 Å². The number of aromatic nitrogens is 2. The van der Waals surface area contributed by atoms with Gasteiger partial charge in [-0.2, -0.15) is 0 Å². The van der Waals surface area contributed by atoms with Gasteiger partial charge in [0.05, 0.1) is 20.0 Å². The molecule has 6 rings (SSSR count). The fraction of sp³-hybridized carbons (Fsp3) is 0.143. The summed E-state index contributed by atoms with van der Waals surface area (Å²) >= 11 is 0. The van der Waals surface area contributed by atoms with Gasteiger partial charge in [0.15, 0.2) is 0 Å². The van der Waals surface area contributed by atoms with Crippen LogP contribution in [0, 0.1) is 13.8 Å². The van der Waals surface area contributed by atoms with Crippen molar-refractivity contribution < 1.29 is 76.3 Å². The van der Waals surface area contributed by atoms with E-state index in [1.165, 1.54) is 23.8 Å². The first-order chi connectivity index (χ1) is 19.8. The number of ether oxygens (including phenoxy) is 1. The third-order valence-corrected chi connectivity index (χ3v) is 7.14. The number of nitrogens with one attached hydrogen (secondary N) is 2. The van der Waals surface area contributed by atoms with Crippen molar-refractivity contribution in [2.24, 2.45) is 0 Å². The molecule has 0 unspecified atom stereocenters. The minimum Gasteiger partial charge on any atom is -0.870 e. The Labute approximate surface area is 293 Å². The van der Waals surface area contributed by atoms with Gasteiger partial charge in [-0.15, -0.1) is 0 Å². The molecule has 4 N–H and O–H groups in total. The molecular formula is C35H33KN2O5. The number of H-pyrrole nitrogens is 2. The largest absolute Gasteiger partial charge is 1.00 e. The van der Waals surface area contributed by atoms with E-state index in [1.807, 2.05) is 24.4 Å². The van der Waals surface area contributed by atoms with Gasteiger partial charge >= 0.3 is 63.3 Å². The molecule has 0 amide bonds. The number of esters is 1. The van der Waals surface area contributed by atoms with Crippen LogP contribution in [-0.4, -0.2) is 39.6 Å². The smallest absolute Gasteiger partial charge is 0.870 e. The van der Waals surface area contributed by atoms with Crippen molar-refractivity contribution >= 4 is 33.7 Å². The van der Waals surface area contributed by atoms with E-state index >= 15 is 0 Å². The Morgan fingerprint density at radius 1 is 0.674 bits per heavy atom. The molecule has 0 saturated carbocycles. The van der Waals surface area contributed by atoms with Gasteiger partial charge in [0.2, 0.25) is 0 Å². The van der Waals surface area contributed by atoms with Crippen LogP contribution in [0.3, 0.4) is 0 Å². The minimum atomic E-state index is -0.813. The Kier molecular flexibility index (Phi) is 12.1. The Morgan fingerprint density at radius 2 is 1.12 bits per heavy atom. The number of methoxy groups -OCH3 is 1. The zero-order chi connectivity index (χ0) is 28.9. The summed E-state index contributed by atoms with van der Waals surface area (Å²) in [6.07, 6.45) is 3.98. The molecule has 0 atom stereocenters. The van der Waals surface area contributed by atoms with Crippen LogP contribution in [0.15, 0.2) is 97.3 Å². The van der Waals surface area contributed by atoms with E-state index in [2.05, 4.69) is 90.5 Å². The second-order valence-corrected chi connectivity index (χ2v) is 10.2.